The summed E-state index contributed by atoms with van der Waals surface area (Å²) in [4.78, 5) is 22.9. The van der Waals surface area contributed by atoms with Crippen molar-refractivity contribution in [2.45, 2.75) is 64.1 Å². The van der Waals surface area contributed by atoms with Gasteiger partial charge in [-0.15, -0.1) is 5.10 Å². The Morgan fingerprint density at radius 1 is 1.07 bits per heavy atom. The first-order valence-corrected chi connectivity index (χ1v) is 15.8. The number of hydrogen-bond acceptors (Lipinski definition) is 10. The van der Waals surface area contributed by atoms with Gasteiger partial charge in [0.2, 0.25) is 11.8 Å². The van der Waals surface area contributed by atoms with Crippen molar-refractivity contribution in [2.24, 2.45) is 0 Å². The first-order valence-electron chi connectivity index (χ1n) is 13.5. The average Bonchev–Trinajstić information content (AvgIpc) is 3.42. The van der Waals surface area contributed by atoms with Crippen molar-refractivity contribution < 1.29 is 35.9 Å². The first kappa shape index (κ1) is 35.6. The van der Waals surface area contributed by atoms with E-state index in [0.717, 1.165) is 54.8 Å². The first-order chi connectivity index (χ1) is 21.2. The highest BCUT2D eigenvalue weighted by Gasteiger charge is 2.24. The molecule has 0 amide bonds. The summed E-state index contributed by atoms with van der Waals surface area (Å²) < 4.78 is 77.9. The molecule has 1 aromatic carbocycles. The van der Waals surface area contributed by atoms with Gasteiger partial charge in [0.05, 0.1) is 11.8 Å². The number of benzene rings is 1. The van der Waals surface area contributed by atoms with Crippen LogP contribution in [0.25, 0.3) is 5.78 Å². The minimum absolute atomic E-state index is 0.0642. The number of anilines is 2. The molecular formula is C27H30Cl2F3N7O5S. The molecule has 0 aliphatic rings. The Kier molecular flexibility index (Phi) is 12.6. The van der Waals surface area contributed by atoms with Crippen LogP contribution in [0.2, 0.25) is 10.0 Å². The molecule has 0 spiro atoms. The number of nitrogens with zero attached hydrogens (tertiary/aromatic N) is 5. The van der Waals surface area contributed by atoms with Crippen molar-refractivity contribution in [3.05, 3.63) is 63.8 Å². The van der Waals surface area contributed by atoms with E-state index in [-0.39, 0.29) is 33.5 Å². The van der Waals surface area contributed by atoms with Gasteiger partial charge in [-0.3, -0.25) is 4.72 Å². The van der Waals surface area contributed by atoms with Crippen LogP contribution in [0, 0.1) is 24.5 Å². The highest BCUT2D eigenvalue weighted by Crippen LogP contribution is 2.35. The van der Waals surface area contributed by atoms with Crippen LogP contribution in [-0.4, -0.2) is 51.7 Å². The lowest BCUT2D eigenvalue weighted by molar-refractivity contribution is -0.151. The molecule has 0 bridgehead atoms. The summed E-state index contributed by atoms with van der Waals surface area (Å²) in [5, 5.41) is 2.57. The van der Waals surface area contributed by atoms with Crippen LogP contribution in [0.4, 0.5) is 24.5 Å². The number of nitrogens with one attached hydrogen (secondary N) is 1. The molecule has 0 saturated heterocycles. The predicted molar refractivity (Wildman–Crippen MR) is 161 cm³/mol. The number of pyridine rings is 1. The molecule has 0 saturated carbocycles. The Hall–Kier alpha value is -3.89. The number of para-hydroxylation sites is 1. The van der Waals surface area contributed by atoms with Crippen molar-refractivity contribution >= 4 is 56.3 Å². The number of carbonyl (C=O) groups excluding carboxylic acids is 1. The van der Waals surface area contributed by atoms with E-state index >= 15 is 0 Å². The maximum absolute atomic E-state index is 13.5. The lowest BCUT2D eigenvalue weighted by atomic mass is 10.1. The maximum Gasteiger partial charge on any atom is 0.344 e. The summed E-state index contributed by atoms with van der Waals surface area (Å²) in [7, 11) is -4.35. The minimum Gasteiger partial charge on any atom is -0.464 e. The molecule has 4 aromatic rings. The quantitative estimate of drug-likeness (QED) is 0.104. The van der Waals surface area contributed by atoms with E-state index in [1.165, 1.54) is 6.20 Å². The number of unbranched alkanes of at least 4 members (excludes halogenated alkanes) is 3. The van der Waals surface area contributed by atoms with Gasteiger partial charge in [0.15, 0.2) is 6.61 Å². The van der Waals surface area contributed by atoms with E-state index in [2.05, 4.69) is 27.0 Å². The third-order valence-electron chi connectivity index (χ3n) is 5.93. The molecule has 0 radical (unpaired) electrons. The van der Waals surface area contributed by atoms with Crippen molar-refractivity contribution in [3.63, 3.8) is 0 Å². The van der Waals surface area contributed by atoms with Crippen LogP contribution in [-0.2, 0) is 19.6 Å². The molecule has 244 valence electrons. The molecule has 18 heteroatoms. The van der Waals surface area contributed by atoms with Gasteiger partial charge in [-0.1, -0.05) is 55.5 Å². The summed E-state index contributed by atoms with van der Waals surface area (Å²) >= 11 is 11.4. The SMILES string of the molecule is CCCCCCC(C)OC(=O)COc1nc(F)c(Cl)c(N)c1Cl.Cc1ccn2nc(S(=O)(=O)Nc3c(F)cccc3F)nc2n1. The van der Waals surface area contributed by atoms with Crippen molar-refractivity contribution in [1.29, 1.82) is 0 Å². The fourth-order valence-electron chi connectivity index (χ4n) is 3.64. The van der Waals surface area contributed by atoms with Gasteiger partial charge in [-0.25, -0.2) is 23.1 Å². The molecular weight excluding hydrogens is 662 g/mol. The molecule has 3 aromatic heterocycles. The van der Waals surface area contributed by atoms with Crippen LogP contribution < -0.4 is 15.2 Å². The largest absolute Gasteiger partial charge is 0.464 e. The molecule has 3 N–H and O–H groups in total. The highest BCUT2D eigenvalue weighted by molar-refractivity contribution is 7.92. The van der Waals surface area contributed by atoms with Crippen LogP contribution in [0.15, 0.2) is 35.6 Å². The predicted octanol–water partition coefficient (Wildman–Crippen LogP) is 5.90. The molecule has 1 unspecified atom stereocenters. The number of nitrogen functional groups attached to an aromatic ring is 1. The number of halogens is 5. The standard InChI is InChI=1S/C15H21Cl2FN2O3.C12H9F2N5O2S/c1-3-4-5-6-7-9(2)23-10(21)8-22-15-12(17)13(19)11(16)14(18)20-15;1-7-5-6-19-11(15-7)16-12(17-19)22(20,21)18-10-8(13)3-2-4-9(10)14/h9H,3-8H2,1-2H3,(H2,19,20);2-6,18H,1H3. The van der Waals surface area contributed by atoms with Crippen molar-refractivity contribution in [2.75, 3.05) is 17.1 Å². The molecule has 45 heavy (non-hydrogen) atoms. The molecule has 0 aliphatic carbocycles. The van der Waals surface area contributed by atoms with E-state index in [9.17, 15) is 26.4 Å². The number of rotatable bonds is 12. The zero-order valence-corrected chi connectivity index (χ0v) is 26.7. The number of hydrogen-bond donors (Lipinski definition) is 2. The maximum atomic E-state index is 13.5. The number of esters is 1. The molecule has 3 heterocycles. The van der Waals surface area contributed by atoms with E-state index in [1.54, 1.807) is 17.7 Å². The number of aryl methyl sites for hydroxylation is 1. The van der Waals surface area contributed by atoms with Gasteiger partial charge < -0.3 is 15.2 Å². The Labute approximate surface area is 267 Å². The van der Waals surface area contributed by atoms with Crippen LogP contribution >= 0.6 is 23.2 Å². The highest BCUT2D eigenvalue weighted by atomic mass is 35.5. The van der Waals surface area contributed by atoms with Gasteiger partial charge in [-0.05, 0) is 44.9 Å². The molecule has 12 nitrogen and oxygen atoms in total. The van der Waals surface area contributed by atoms with Crippen LogP contribution in [0.5, 0.6) is 5.88 Å². The average molecular weight is 693 g/mol. The summed E-state index contributed by atoms with van der Waals surface area (Å²) in [5.74, 6) is -3.91. The zero-order valence-electron chi connectivity index (χ0n) is 24.4. The number of ether oxygens (including phenoxy) is 2. The third-order valence-corrected chi connectivity index (χ3v) is 7.78. The van der Waals surface area contributed by atoms with E-state index in [1.807, 2.05) is 6.92 Å². The second-order valence-electron chi connectivity index (χ2n) is 9.60. The Balaban J connectivity index is 0.000000245. The number of fused-ring (bicyclic) bond motifs is 1. The summed E-state index contributed by atoms with van der Waals surface area (Å²) in [6.45, 7) is 5.21. The summed E-state index contributed by atoms with van der Waals surface area (Å²) in [6, 6.07) is 4.60. The number of aromatic nitrogens is 5. The topological polar surface area (TPSA) is 164 Å². The molecule has 1 atom stereocenters. The fraction of sp³-hybridized carbons (Fsp3) is 0.370. The van der Waals surface area contributed by atoms with Gasteiger partial charge in [0, 0.05) is 11.9 Å². The summed E-state index contributed by atoms with van der Waals surface area (Å²) in [6.07, 6.45) is 6.47. The molecule has 0 fully saturated rings. The van der Waals surface area contributed by atoms with Crippen molar-refractivity contribution in [1.82, 2.24) is 24.6 Å². The Morgan fingerprint density at radius 3 is 2.42 bits per heavy atom. The van der Waals surface area contributed by atoms with Gasteiger partial charge in [0.1, 0.15) is 27.4 Å². The lowest BCUT2D eigenvalue weighted by Gasteiger charge is -2.14. The lowest BCUT2D eigenvalue weighted by Crippen LogP contribution is -2.21. The van der Waals surface area contributed by atoms with Crippen LogP contribution in [0.3, 0.4) is 0 Å². The van der Waals surface area contributed by atoms with Crippen LogP contribution in [0.1, 0.15) is 51.6 Å². The second-order valence-corrected chi connectivity index (χ2v) is 11.9. The normalized spacial score (nSPS) is 11.9. The van der Waals surface area contributed by atoms with Gasteiger partial charge >= 0.3 is 5.97 Å². The van der Waals surface area contributed by atoms with Gasteiger partial charge in [-0.2, -0.15) is 22.8 Å². The second kappa shape index (κ2) is 15.9. The third kappa shape index (κ3) is 9.80. The minimum atomic E-state index is -4.35. The monoisotopic (exact) mass is 691 g/mol. The van der Waals surface area contributed by atoms with E-state index in [0.29, 0.717) is 5.69 Å². The number of carbonyl (C=O) groups is 1. The summed E-state index contributed by atoms with van der Waals surface area (Å²) in [5.41, 5.74) is 5.16. The Bertz CT molecular complexity index is 1740. The smallest absolute Gasteiger partial charge is 0.344 e. The zero-order chi connectivity index (χ0) is 33.3. The van der Waals surface area contributed by atoms with E-state index in [4.69, 9.17) is 38.4 Å². The molecule has 4 rings (SSSR count). The van der Waals surface area contributed by atoms with Gasteiger partial charge in [0.25, 0.3) is 21.0 Å². The van der Waals surface area contributed by atoms with Crippen molar-refractivity contribution in [3.8, 4) is 5.88 Å². The Morgan fingerprint density at radius 2 is 1.76 bits per heavy atom. The fourth-order valence-corrected chi connectivity index (χ4v) is 4.97. The number of sulfonamides is 1. The number of nitrogens with two attached hydrogens (primary N) is 1. The van der Waals surface area contributed by atoms with E-state index < -0.39 is 51.0 Å². The molecule has 0 aliphatic heterocycles.